The molecule has 0 fully saturated rings. The first-order chi connectivity index (χ1) is 11.2. The lowest BCUT2D eigenvalue weighted by atomic mass is 9.94. The molecule has 0 aliphatic carbocycles. The number of hydrogen-bond donors (Lipinski definition) is 1. The van der Waals surface area contributed by atoms with Crippen LogP contribution in [0.1, 0.15) is 31.0 Å². The summed E-state index contributed by atoms with van der Waals surface area (Å²) in [6.07, 6.45) is 0.930. The van der Waals surface area contributed by atoms with Crippen molar-refractivity contribution < 1.29 is 9.53 Å². The number of carbonyl (C=O) groups is 1. The Labute approximate surface area is 138 Å². The second-order valence-corrected chi connectivity index (χ2v) is 5.62. The molecule has 0 radical (unpaired) electrons. The molecule has 3 heteroatoms. The van der Waals surface area contributed by atoms with Crippen LogP contribution in [0.25, 0.3) is 0 Å². The minimum absolute atomic E-state index is 0.0426. The van der Waals surface area contributed by atoms with Gasteiger partial charge in [0.15, 0.2) is 0 Å². The molecule has 2 aromatic rings. The van der Waals surface area contributed by atoms with E-state index >= 15 is 0 Å². The highest BCUT2D eigenvalue weighted by Gasteiger charge is 2.26. The van der Waals surface area contributed by atoms with Gasteiger partial charge in [0.2, 0.25) is 0 Å². The van der Waals surface area contributed by atoms with Crippen molar-refractivity contribution in [3.63, 3.8) is 0 Å². The molecule has 0 aliphatic heterocycles. The highest BCUT2D eigenvalue weighted by Crippen LogP contribution is 2.23. The average molecular weight is 311 g/mol. The molecule has 0 heterocycles. The van der Waals surface area contributed by atoms with Crippen LogP contribution >= 0.6 is 0 Å². The summed E-state index contributed by atoms with van der Waals surface area (Å²) in [7, 11) is 0. The standard InChI is InChI=1S/C20H25NO2/c1-3-23-20(22)16(2)19(18-12-8-5-9-13-18)21-15-14-17-10-6-4-7-11-17/h4-13,16,19,21H,3,14-15H2,1-2H3. The maximum Gasteiger partial charge on any atom is 0.310 e. The van der Waals surface area contributed by atoms with E-state index in [1.54, 1.807) is 0 Å². The Morgan fingerprint density at radius 1 is 1.04 bits per heavy atom. The summed E-state index contributed by atoms with van der Waals surface area (Å²) in [6.45, 7) is 4.98. The van der Waals surface area contributed by atoms with E-state index in [0.29, 0.717) is 6.61 Å². The van der Waals surface area contributed by atoms with Crippen molar-refractivity contribution in [3.8, 4) is 0 Å². The normalized spacial score (nSPS) is 13.3. The Kier molecular flexibility index (Phi) is 6.82. The third kappa shape index (κ3) is 5.22. The van der Waals surface area contributed by atoms with Crippen LogP contribution in [0.15, 0.2) is 60.7 Å². The van der Waals surface area contributed by atoms with Crippen LogP contribution < -0.4 is 5.32 Å². The van der Waals surface area contributed by atoms with E-state index in [0.717, 1.165) is 18.5 Å². The summed E-state index contributed by atoms with van der Waals surface area (Å²) in [5, 5.41) is 3.52. The topological polar surface area (TPSA) is 38.3 Å². The van der Waals surface area contributed by atoms with Gasteiger partial charge in [-0.3, -0.25) is 4.79 Å². The van der Waals surface area contributed by atoms with Gasteiger partial charge >= 0.3 is 5.97 Å². The van der Waals surface area contributed by atoms with E-state index in [1.165, 1.54) is 5.56 Å². The van der Waals surface area contributed by atoms with E-state index in [1.807, 2.05) is 50.2 Å². The van der Waals surface area contributed by atoms with E-state index in [2.05, 4.69) is 29.6 Å². The molecule has 0 bridgehead atoms. The number of carbonyl (C=O) groups excluding carboxylic acids is 1. The maximum atomic E-state index is 12.1. The van der Waals surface area contributed by atoms with Gasteiger partial charge in [-0.05, 0) is 31.0 Å². The van der Waals surface area contributed by atoms with Crippen LogP contribution in [0.5, 0.6) is 0 Å². The molecular weight excluding hydrogens is 286 g/mol. The molecule has 2 rings (SSSR count). The summed E-state index contributed by atoms with van der Waals surface area (Å²) >= 11 is 0. The minimum atomic E-state index is -0.229. The van der Waals surface area contributed by atoms with Gasteiger partial charge in [0.05, 0.1) is 12.5 Å². The van der Waals surface area contributed by atoms with Crippen molar-refractivity contribution in [2.24, 2.45) is 5.92 Å². The Bertz CT molecular complexity index is 583. The Balaban J connectivity index is 2.03. The average Bonchev–Trinajstić information content (AvgIpc) is 2.60. The predicted molar refractivity (Wildman–Crippen MR) is 93.1 cm³/mol. The summed E-state index contributed by atoms with van der Waals surface area (Å²) in [5.41, 5.74) is 2.40. The molecule has 0 aromatic heterocycles. The van der Waals surface area contributed by atoms with Gasteiger partial charge in [-0.25, -0.2) is 0 Å². The van der Waals surface area contributed by atoms with E-state index in [9.17, 15) is 4.79 Å². The zero-order chi connectivity index (χ0) is 16.5. The van der Waals surface area contributed by atoms with Crippen LogP contribution in [0, 0.1) is 5.92 Å². The fraction of sp³-hybridized carbons (Fsp3) is 0.350. The number of hydrogen-bond acceptors (Lipinski definition) is 3. The van der Waals surface area contributed by atoms with Crippen LogP contribution in [0.4, 0.5) is 0 Å². The number of ether oxygens (including phenoxy) is 1. The van der Waals surface area contributed by atoms with Gasteiger partial charge in [0, 0.05) is 6.04 Å². The Morgan fingerprint density at radius 3 is 2.26 bits per heavy atom. The molecule has 2 atom stereocenters. The molecule has 0 saturated heterocycles. The molecule has 122 valence electrons. The fourth-order valence-electron chi connectivity index (χ4n) is 2.67. The summed E-state index contributed by atoms with van der Waals surface area (Å²) in [5.74, 6) is -0.387. The third-order valence-electron chi connectivity index (χ3n) is 3.94. The number of esters is 1. The van der Waals surface area contributed by atoms with Crippen LogP contribution in [0.2, 0.25) is 0 Å². The lowest BCUT2D eigenvalue weighted by Crippen LogP contribution is -2.33. The number of benzene rings is 2. The second-order valence-electron chi connectivity index (χ2n) is 5.62. The Hall–Kier alpha value is -2.13. The second kappa shape index (κ2) is 9.11. The highest BCUT2D eigenvalue weighted by atomic mass is 16.5. The molecule has 1 N–H and O–H groups in total. The molecule has 2 aromatic carbocycles. The minimum Gasteiger partial charge on any atom is -0.466 e. The zero-order valence-corrected chi connectivity index (χ0v) is 13.9. The maximum absolute atomic E-state index is 12.1. The van der Waals surface area contributed by atoms with Crippen molar-refractivity contribution in [3.05, 3.63) is 71.8 Å². The summed E-state index contributed by atoms with van der Waals surface area (Å²) < 4.78 is 5.19. The quantitative estimate of drug-likeness (QED) is 0.754. The van der Waals surface area contributed by atoms with Crippen LogP contribution in [0.3, 0.4) is 0 Å². The molecular formula is C20H25NO2. The van der Waals surface area contributed by atoms with E-state index in [4.69, 9.17) is 4.74 Å². The largest absolute Gasteiger partial charge is 0.466 e. The molecule has 2 unspecified atom stereocenters. The monoisotopic (exact) mass is 311 g/mol. The van der Waals surface area contributed by atoms with Crippen molar-refractivity contribution in [2.75, 3.05) is 13.2 Å². The number of rotatable bonds is 8. The smallest absolute Gasteiger partial charge is 0.310 e. The molecule has 3 nitrogen and oxygen atoms in total. The van der Waals surface area contributed by atoms with Crippen molar-refractivity contribution >= 4 is 5.97 Å². The van der Waals surface area contributed by atoms with E-state index < -0.39 is 0 Å². The fourth-order valence-corrected chi connectivity index (χ4v) is 2.67. The lowest BCUT2D eigenvalue weighted by Gasteiger charge is -2.24. The number of nitrogens with one attached hydrogen (secondary N) is 1. The van der Waals surface area contributed by atoms with E-state index in [-0.39, 0.29) is 17.9 Å². The summed E-state index contributed by atoms with van der Waals surface area (Å²) in [6, 6.07) is 20.4. The van der Waals surface area contributed by atoms with Crippen molar-refractivity contribution in [2.45, 2.75) is 26.3 Å². The van der Waals surface area contributed by atoms with Gasteiger partial charge in [-0.2, -0.15) is 0 Å². The van der Waals surface area contributed by atoms with Gasteiger partial charge < -0.3 is 10.1 Å². The molecule has 0 saturated carbocycles. The SMILES string of the molecule is CCOC(=O)C(C)C(NCCc1ccccc1)c1ccccc1. The van der Waals surface area contributed by atoms with Crippen LogP contribution in [-0.2, 0) is 16.0 Å². The molecule has 0 amide bonds. The van der Waals surface area contributed by atoms with Gasteiger partial charge in [0.25, 0.3) is 0 Å². The first kappa shape index (κ1) is 17.2. The van der Waals surface area contributed by atoms with Gasteiger partial charge in [-0.1, -0.05) is 67.6 Å². The predicted octanol–water partition coefficient (Wildman–Crippen LogP) is 3.76. The first-order valence-electron chi connectivity index (χ1n) is 8.21. The third-order valence-corrected chi connectivity index (χ3v) is 3.94. The first-order valence-corrected chi connectivity index (χ1v) is 8.21. The lowest BCUT2D eigenvalue weighted by molar-refractivity contribution is -0.148. The zero-order valence-electron chi connectivity index (χ0n) is 13.9. The molecule has 0 spiro atoms. The summed E-state index contributed by atoms with van der Waals surface area (Å²) in [4.78, 5) is 12.1. The highest BCUT2D eigenvalue weighted by molar-refractivity contribution is 5.73. The Morgan fingerprint density at radius 2 is 1.65 bits per heavy atom. The van der Waals surface area contributed by atoms with Crippen molar-refractivity contribution in [1.82, 2.24) is 5.32 Å². The van der Waals surface area contributed by atoms with Gasteiger partial charge in [0.1, 0.15) is 0 Å². The molecule has 0 aliphatic rings. The van der Waals surface area contributed by atoms with Crippen molar-refractivity contribution in [1.29, 1.82) is 0 Å². The molecule has 23 heavy (non-hydrogen) atoms. The van der Waals surface area contributed by atoms with Gasteiger partial charge in [-0.15, -0.1) is 0 Å². The van der Waals surface area contributed by atoms with Crippen LogP contribution in [-0.4, -0.2) is 19.1 Å².